The Balaban J connectivity index is 2.49. The summed E-state index contributed by atoms with van der Waals surface area (Å²) < 4.78 is 37.5. The summed E-state index contributed by atoms with van der Waals surface area (Å²) in [5, 5.41) is 3.75. The molecule has 19 heavy (non-hydrogen) atoms. The Bertz CT molecular complexity index is 578. The van der Waals surface area contributed by atoms with Crippen molar-refractivity contribution in [2.24, 2.45) is 0 Å². The van der Waals surface area contributed by atoms with Gasteiger partial charge in [0.05, 0.1) is 13.2 Å². The molecule has 0 amide bonds. The minimum atomic E-state index is -0.953. The van der Waals surface area contributed by atoms with E-state index < -0.39 is 11.6 Å². The molecule has 0 bridgehead atoms. The van der Waals surface area contributed by atoms with Crippen LogP contribution in [0.3, 0.4) is 0 Å². The minimum absolute atomic E-state index is 0.0485. The van der Waals surface area contributed by atoms with Crippen LogP contribution >= 0.6 is 0 Å². The standard InChI is InChI=1S/C14H17F2NO2/c1-8(2)17-6-12-10(7-18-3)9-4-5-11(15)13(16)14(9)19-12/h4-5,8,17H,6-7H2,1-3H3. The molecular weight excluding hydrogens is 252 g/mol. The van der Waals surface area contributed by atoms with Gasteiger partial charge in [-0.2, -0.15) is 4.39 Å². The summed E-state index contributed by atoms with van der Waals surface area (Å²) in [6.07, 6.45) is 0. The average Bonchev–Trinajstić information content (AvgIpc) is 2.71. The molecule has 1 aromatic carbocycles. The average molecular weight is 269 g/mol. The third-order valence-electron chi connectivity index (χ3n) is 2.90. The van der Waals surface area contributed by atoms with E-state index in [1.807, 2.05) is 13.8 Å². The van der Waals surface area contributed by atoms with Crippen LogP contribution in [0.1, 0.15) is 25.2 Å². The van der Waals surface area contributed by atoms with Crippen LogP contribution in [0.25, 0.3) is 11.0 Å². The lowest BCUT2D eigenvalue weighted by molar-refractivity contribution is 0.183. The van der Waals surface area contributed by atoms with Gasteiger partial charge in [-0.3, -0.25) is 0 Å². The monoisotopic (exact) mass is 269 g/mol. The minimum Gasteiger partial charge on any atom is -0.456 e. The Morgan fingerprint density at radius 3 is 2.68 bits per heavy atom. The molecule has 2 aromatic rings. The normalized spacial score (nSPS) is 11.7. The Morgan fingerprint density at radius 2 is 2.05 bits per heavy atom. The van der Waals surface area contributed by atoms with Crippen LogP contribution in [-0.4, -0.2) is 13.2 Å². The first-order valence-electron chi connectivity index (χ1n) is 6.15. The molecule has 0 aliphatic carbocycles. The van der Waals surface area contributed by atoms with E-state index in [4.69, 9.17) is 9.15 Å². The summed E-state index contributed by atoms with van der Waals surface area (Å²) in [5.74, 6) is -1.28. The number of hydrogen-bond donors (Lipinski definition) is 1. The maximum atomic E-state index is 13.7. The quantitative estimate of drug-likeness (QED) is 0.903. The Morgan fingerprint density at radius 1 is 1.32 bits per heavy atom. The van der Waals surface area contributed by atoms with E-state index in [0.717, 1.165) is 11.6 Å². The molecule has 104 valence electrons. The molecule has 2 rings (SSSR count). The number of furan rings is 1. The third kappa shape index (κ3) is 2.77. The van der Waals surface area contributed by atoms with Gasteiger partial charge in [0.15, 0.2) is 11.4 Å². The zero-order chi connectivity index (χ0) is 14.0. The van der Waals surface area contributed by atoms with Gasteiger partial charge in [-0.05, 0) is 12.1 Å². The lowest BCUT2D eigenvalue weighted by Gasteiger charge is -2.07. The first-order chi connectivity index (χ1) is 9.04. The highest BCUT2D eigenvalue weighted by atomic mass is 19.2. The van der Waals surface area contributed by atoms with Crippen molar-refractivity contribution in [3.05, 3.63) is 35.1 Å². The molecule has 0 radical (unpaired) electrons. The van der Waals surface area contributed by atoms with E-state index >= 15 is 0 Å². The van der Waals surface area contributed by atoms with Gasteiger partial charge < -0.3 is 14.5 Å². The fourth-order valence-electron chi connectivity index (χ4n) is 1.95. The zero-order valence-corrected chi connectivity index (χ0v) is 11.2. The lowest BCUT2D eigenvalue weighted by atomic mass is 10.1. The largest absolute Gasteiger partial charge is 0.456 e. The number of hydrogen-bond acceptors (Lipinski definition) is 3. The lowest BCUT2D eigenvalue weighted by Crippen LogP contribution is -2.22. The van der Waals surface area contributed by atoms with E-state index in [1.54, 1.807) is 7.11 Å². The number of halogens is 2. The topological polar surface area (TPSA) is 34.4 Å². The molecule has 1 aromatic heterocycles. The molecule has 1 heterocycles. The first kappa shape index (κ1) is 14.0. The van der Waals surface area contributed by atoms with Crippen LogP contribution < -0.4 is 5.32 Å². The summed E-state index contributed by atoms with van der Waals surface area (Å²) in [7, 11) is 1.55. The van der Waals surface area contributed by atoms with E-state index in [2.05, 4.69) is 5.32 Å². The highest BCUT2D eigenvalue weighted by Gasteiger charge is 2.19. The van der Waals surface area contributed by atoms with Crippen LogP contribution in [0.4, 0.5) is 8.78 Å². The van der Waals surface area contributed by atoms with E-state index in [-0.39, 0.29) is 11.6 Å². The maximum Gasteiger partial charge on any atom is 0.201 e. The van der Waals surface area contributed by atoms with Crippen LogP contribution in [-0.2, 0) is 17.9 Å². The second-order valence-corrected chi connectivity index (χ2v) is 4.71. The van der Waals surface area contributed by atoms with Crippen molar-refractivity contribution in [2.45, 2.75) is 33.0 Å². The molecule has 0 aliphatic heterocycles. The number of nitrogens with one attached hydrogen (secondary N) is 1. The van der Waals surface area contributed by atoms with Gasteiger partial charge in [0.25, 0.3) is 0 Å². The summed E-state index contributed by atoms with van der Waals surface area (Å²) in [6.45, 7) is 4.75. The molecule has 1 N–H and O–H groups in total. The fourth-order valence-corrected chi connectivity index (χ4v) is 1.95. The summed E-state index contributed by atoms with van der Waals surface area (Å²) >= 11 is 0. The van der Waals surface area contributed by atoms with Gasteiger partial charge in [0.1, 0.15) is 5.76 Å². The van der Waals surface area contributed by atoms with Crippen molar-refractivity contribution in [2.75, 3.05) is 7.11 Å². The van der Waals surface area contributed by atoms with Crippen molar-refractivity contribution in [3.8, 4) is 0 Å². The molecule has 0 unspecified atom stereocenters. The van der Waals surface area contributed by atoms with Gasteiger partial charge in [-0.15, -0.1) is 0 Å². The van der Waals surface area contributed by atoms with Gasteiger partial charge >= 0.3 is 0 Å². The Hall–Kier alpha value is -1.46. The van der Waals surface area contributed by atoms with Crippen LogP contribution in [0.5, 0.6) is 0 Å². The molecule has 3 nitrogen and oxygen atoms in total. The number of methoxy groups -OCH3 is 1. The number of fused-ring (bicyclic) bond motifs is 1. The molecule has 0 atom stereocenters. The van der Waals surface area contributed by atoms with Gasteiger partial charge in [-0.25, -0.2) is 4.39 Å². The highest BCUT2D eigenvalue weighted by molar-refractivity contribution is 5.82. The molecule has 0 saturated carbocycles. The maximum absolute atomic E-state index is 13.7. The van der Waals surface area contributed by atoms with Crippen LogP contribution in [0.15, 0.2) is 16.5 Å². The smallest absolute Gasteiger partial charge is 0.201 e. The molecule has 0 aliphatic rings. The first-order valence-corrected chi connectivity index (χ1v) is 6.15. The van der Waals surface area contributed by atoms with E-state index in [0.29, 0.717) is 24.3 Å². The number of rotatable bonds is 5. The molecular formula is C14H17F2NO2. The predicted octanol–water partition coefficient (Wildman–Crippen LogP) is 3.36. The highest BCUT2D eigenvalue weighted by Crippen LogP contribution is 2.29. The Labute approximate surface area is 110 Å². The van der Waals surface area contributed by atoms with Crippen molar-refractivity contribution in [3.63, 3.8) is 0 Å². The SMILES string of the molecule is COCc1c(CNC(C)C)oc2c(F)c(F)ccc12. The van der Waals surface area contributed by atoms with E-state index in [9.17, 15) is 8.78 Å². The fraction of sp³-hybridized carbons (Fsp3) is 0.429. The van der Waals surface area contributed by atoms with Gasteiger partial charge in [0, 0.05) is 24.1 Å². The summed E-state index contributed by atoms with van der Waals surface area (Å²) in [4.78, 5) is 0. The summed E-state index contributed by atoms with van der Waals surface area (Å²) in [5.41, 5.74) is 0.706. The second-order valence-electron chi connectivity index (χ2n) is 4.71. The van der Waals surface area contributed by atoms with Crippen LogP contribution in [0.2, 0.25) is 0 Å². The molecule has 0 saturated heterocycles. The zero-order valence-electron chi connectivity index (χ0n) is 11.2. The molecule has 5 heteroatoms. The van der Waals surface area contributed by atoms with Gasteiger partial charge in [0.2, 0.25) is 5.82 Å². The predicted molar refractivity (Wildman–Crippen MR) is 68.8 cm³/mol. The number of benzene rings is 1. The number of ether oxygens (including phenoxy) is 1. The van der Waals surface area contributed by atoms with Crippen molar-refractivity contribution >= 4 is 11.0 Å². The van der Waals surface area contributed by atoms with E-state index in [1.165, 1.54) is 6.07 Å². The summed E-state index contributed by atoms with van der Waals surface area (Å²) in [6, 6.07) is 2.89. The molecule has 0 spiro atoms. The van der Waals surface area contributed by atoms with Crippen molar-refractivity contribution < 1.29 is 17.9 Å². The van der Waals surface area contributed by atoms with Gasteiger partial charge in [-0.1, -0.05) is 13.8 Å². The third-order valence-corrected chi connectivity index (χ3v) is 2.90. The second kappa shape index (κ2) is 5.67. The van der Waals surface area contributed by atoms with Crippen molar-refractivity contribution in [1.82, 2.24) is 5.32 Å². The Kier molecular flexibility index (Phi) is 4.17. The van der Waals surface area contributed by atoms with Crippen LogP contribution in [0, 0.1) is 11.6 Å². The molecule has 0 fully saturated rings. The van der Waals surface area contributed by atoms with Crippen molar-refractivity contribution in [1.29, 1.82) is 0 Å².